The molecule has 3 rings (SSSR count). The highest BCUT2D eigenvalue weighted by molar-refractivity contribution is 5.70. The fourth-order valence-corrected chi connectivity index (χ4v) is 2.01. The second-order valence-corrected chi connectivity index (χ2v) is 4.29. The molecule has 0 radical (unpaired) electrons. The van der Waals surface area contributed by atoms with Crippen molar-refractivity contribution >= 4 is 0 Å². The van der Waals surface area contributed by atoms with E-state index in [2.05, 4.69) is 9.97 Å². The molecule has 0 aliphatic carbocycles. The monoisotopic (exact) mass is 268 g/mol. The lowest BCUT2D eigenvalue weighted by Gasteiger charge is -2.06. The summed E-state index contributed by atoms with van der Waals surface area (Å²) in [7, 11) is 0. The van der Waals surface area contributed by atoms with E-state index >= 15 is 0 Å². The Morgan fingerprint density at radius 3 is 1.35 bits per heavy atom. The van der Waals surface area contributed by atoms with Gasteiger partial charge in [-0.2, -0.15) is 0 Å². The van der Waals surface area contributed by atoms with Gasteiger partial charge in [0, 0.05) is 35.9 Å². The molecule has 4 heteroatoms. The molecule has 0 amide bonds. The highest BCUT2D eigenvalue weighted by Gasteiger charge is 2.07. The molecule has 2 nitrogen and oxygen atoms in total. The van der Waals surface area contributed by atoms with Crippen molar-refractivity contribution < 1.29 is 8.78 Å². The van der Waals surface area contributed by atoms with Gasteiger partial charge in [-0.15, -0.1) is 0 Å². The predicted molar refractivity (Wildman–Crippen MR) is 72.8 cm³/mol. The summed E-state index contributed by atoms with van der Waals surface area (Å²) in [5.41, 5.74) is 2.24. The van der Waals surface area contributed by atoms with Crippen LogP contribution in [-0.2, 0) is 0 Å². The second-order valence-electron chi connectivity index (χ2n) is 4.29. The zero-order valence-electron chi connectivity index (χ0n) is 10.4. The normalized spacial score (nSPS) is 10.5. The van der Waals surface area contributed by atoms with Gasteiger partial charge in [0.15, 0.2) is 0 Å². The van der Waals surface area contributed by atoms with Crippen LogP contribution >= 0.6 is 0 Å². The van der Waals surface area contributed by atoms with Gasteiger partial charge in [-0.25, -0.2) is 8.78 Å². The van der Waals surface area contributed by atoms with Crippen molar-refractivity contribution in [2.45, 2.75) is 0 Å². The summed E-state index contributed by atoms with van der Waals surface area (Å²) in [4.78, 5) is 7.81. The SMILES string of the molecule is Fc1ccncc1-c1ccc(-c2cnccc2F)cc1. The molecule has 0 atom stereocenters. The first-order valence-electron chi connectivity index (χ1n) is 6.05. The summed E-state index contributed by atoms with van der Waals surface area (Å²) >= 11 is 0. The fourth-order valence-electron chi connectivity index (χ4n) is 2.01. The van der Waals surface area contributed by atoms with E-state index in [0.717, 1.165) is 0 Å². The van der Waals surface area contributed by atoms with Gasteiger partial charge in [0.25, 0.3) is 0 Å². The molecular formula is C16H10F2N2. The number of aromatic nitrogens is 2. The molecule has 20 heavy (non-hydrogen) atoms. The number of pyridine rings is 2. The second kappa shape index (κ2) is 5.17. The van der Waals surface area contributed by atoms with Gasteiger partial charge in [0.1, 0.15) is 11.6 Å². The maximum atomic E-state index is 13.7. The first kappa shape index (κ1) is 12.4. The Morgan fingerprint density at radius 1 is 0.600 bits per heavy atom. The van der Waals surface area contributed by atoms with Crippen LogP contribution in [0.1, 0.15) is 0 Å². The van der Waals surface area contributed by atoms with Gasteiger partial charge in [-0.3, -0.25) is 9.97 Å². The minimum Gasteiger partial charge on any atom is -0.264 e. The summed E-state index contributed by atoms with van der Waals surface area (Å²) in [5, 5.41) is 0. The minimum atomic E-state index is -0.333. The first-order valence-corrected chi connectivity index (χ1v) is 6.05. The van der Waals surface area contributed by atoms with Gasteiger partial charge in [0.2, 0.25) is 0 Å². The van der Waals surface area contributed by atoms with Crippen LogP contribution < -0.4 is 0 Å². The van der Waals surface area contributed by atoms with Crippen LogP contribution in [0.25, 0.3) is 22.3 Å². The van der Waals surface area contributed by atoms with E-state index in [0.29, 0.717) is 22.3 Å². The van der Waals surface area contributed by atoms with Crippen LogP contribution in [0.3, 0.4) is 0 Å². The zero-order valence-corrected chi connectivity index (χ0v) is 10.4. The van der Waals surface area contributed by atoms with E-state index in [9.17, 15) is 8.78 Å². The molecule has 0 saturated heterocycles. The van der Waals surface area contributed by atoms with Gasteiger partial charge >= 0.3 is 0 Å². The Morgan fingerprint density at radius 2 is 1.00 bits per heavy atom. The lowest BCUT2D eigenvalue weighted by molar-refractivity contribution is 0.628. The molecule has 0 bridgehead atoms. The van der Waals surface area contributed by atoms with Crippen LogP contribution in [0.5, 0.6) is 0 Å². The van der Waals surface area contributed by atoms with Crippen LogP contribution in [0.2, 0.25) is 0 Å². The molecule has 0 saturated carbocycles. The lowest BCUT2D eigenvalue weighted by atomic mass is 10.0. The van der Waals surface area contributed by atoms with Crippen molar-refractivity contribution in [3.05, 3.63) is 72.8 Å². The number of hydrogen-bond donors (Lipinski definition) is 0. The number of hydrogen-bond acceptors (Lipinski definition) is 2. The maximum absolute atomic E-state index is 13.7. The molecule has 0 fully saturated rings. The number of halogens is 2. The largest absolute Gasteiger partial charge is 0.264 e. The Balaban J connectivity index is 2.01. The molecule has 0 aliphatic rings. The Labute approximate surface area is 114 Å². The van der Waals surface area contributed by atoms with E-state index in [-0.39, 0.29) is 11.6 Å². The van der Waals surface area contributed by atoms with Crippen molar-refractivity contribution in [2.75, 3.05) is 0 Å². The van der Waals surface area contributed by atoms with Crippen molar-refractivity contribution in [3.8, 4) is 22.3 Å². The van der Waals surface area contributed by atoms with Crippen LogP contribution in [-0.4, -0.2) is 9.97 Å². The Bertz CT molecular complexity index is 675. The van der Waals surface area contributed by atoms with Gasteiger partial charge in [-0.05, 0) is 23.3 Å². The molecule has 3 aromatic rings. The van der Waals surface area contributed by atoms with Crippen molar-refractivity contribution in [3.63, 3.8) is 0 Å². The number of nitrogens with zero attached hydrogens (tertiary/aromatic N) is 2. The average molecular weight is 268 g/mol. The fraction of sp³-hybridized carbons (Fsp3) is 0. The number of benzene rings is 1. The van der Waals surface area contributed by atoms with E-state index in [1.807, 2.05) is 0 Å². The predicted octanol–water partition coefficient (Wildman–Crippen LogP) is 4.09. The Hall–Kier alpha value is -2.62. The molecule has 0 aliphatic heterocycles. The molecule has 0 N–H and O–H groups in total. The summed E-state index contributed by atoms with van der Waals surface area (Å²) in [6.07, 6.45) is 5.74. The topological polar surface area (TPSA) is 25.8 Å². The molecule has 2 heterocycles. The molecular weight excluding hydrogens is 258 g/mol. The maximum Gasteiger partial charge on any atom is 0.134 e. The van der Waals surface area contributed by atoms with Crippen LogP contribution in [0, 0.1) is 11.6 Å². The van der Waals surface area contributed by atoms with E-state index in [4.69, 9.17) is 0 Å². The third-order valence-corrected chi connectivity index (χ3v) is 3.04. The van der Waals surface area contributed by atoms with Crippen LogP contribution in [0.4, 0.5) is 8.78 Å². The molecule has 98 valence electrons. The van der Waals surface area contributed by atoms with Gasteiger partial charge in [-0.1, -0.05) is 24.3 Å². The zero-order chi connectivity index (χ0) is 13.9. The first-order chi connectivity index (χ1) is 9.75. The van der Waals surface area contributed by atoms with E-state index in [1.54, 1.807) is 24.3 Å². The molecule has 0 spiro atoms. The molecule has 0 unspecified atom stereocenters. The van der Waals surface area contributed by atoms with Gasteiger partial charge in [0.05, 0.1) is 0 Å². The van der Waals surface area contributed by atoms with Gasteiger partial charge < -0.3 is 0 Å². The lowest BCUT2D eigenvalue weighted by Crippen LogP contribution is -1.88. The highest BCUT2D eigenvalue weighted by Crippen LogP contribution is 2.26. The summed E-state index contributed by atoms with van der Waals surface area (Å²) < 4.78 is 27.3. The van der Waals surface area contributed by atoms with E-state index in [1.165, 1.54) is 36.9 Å². The van der Waals surface area contributed by atoms with Crippen molar-refractivity contribution in [2.24, 2.45) is 0 Å². The Kier molecular flexibility index (Phi) is 3.21. The standard InChI is InChI=1S/C16H10F2N2/c17-15-5-7-19-9-13(15)11-1-2-12(4-3-11)14-10-20-8-6-16(14)18/h1-10H. The van der Waals surface area contributed by atoms with Crippen molar-refractivity contribution in [1.82, 2.24) is 9.97 Å². The third-order valence-electron chi connectivity index (χ3n) is 3.04. The summed E-state index contributed by atoms with van der Waals surface area (Å²) in [5.74, 6) is -0.666. The van der Waals surface area contributed by atoms with Crippen LogP contribution in [0.15, 0.2) is 61.2 Å². The smallest absolute Gasteiger partial charge is 0.134 e. The molecule has 2 aromatic heterocycles. The average Bonchev–Trinajstić information content (AvgIpc) is 2.49. The van der Waals surface area contributed by atoms with E-state index < -0.39 is 0 Å². The summed E-state index contributed by atoms with van der Waals surface area (Å²) in [6, 6.07) is 9.57. The highest BCUT2D eigenvalue weighted by atomic mass is 19.1. The minimum absolute atomic E-state index is 0.333. The molecule has 1 aromatic carbocycles. The summed E-state index contributed by atoms with van der Waals surface area (Å²) in [6.45, 7) is 0. The number of rotatable bonds is 2. The quantitative estimate of drug-likeness (QED) is 0.699. The third kappa shape index (κ3) is 2.28. The van der Waals surface area contributed by atoms with Crippen molar-refractivity contribution in [1.29, 1.82) is 0 Å².